The van der Waals surface area contributed by atoms with Gasteiger partial charge in [-0.3, -0.25) is 4.98 Å². The van der Waals surface area contributed by atoms with Crippen LogP contribution in [0.15, 0.2) is 24.5 Å². The molecule has 10 heavy (non-hydrogen) atoms. The van der Waals surface area contributed by atoms with Gasteiger partial charge in [-0.15, -0.1) is 0 Å². The van der Waals surface area contributed by atoms with E-state index in [1.807, 2.05) is 18.2 Å². The van der Waals surface area contributed by atoms with Gasteiger partial charge in [0, 0.05) is 11.8 Å². The Balaban J connectivity index is 2.54. The lowest BCUT2D eigenvalue weighted by atomic mass is 10.2. The van der Waals surface area contributed by atoms with E-state index in [1.54, 1.807) is 12.4 Å². The van der Waals surface area contributed by atoms with Gasteiger partial charge in [-0.1, -0.05) is 6.08 Å². The van der Waals surface area contributed by atoms with Crippen LogP contribution in [0.5, 0.6) is 5.75 Å². The van der Waals surface area contributed by atoms with Crippen molar-refractivity contribution in [3.05, 3.63) is 30.1 Å². The van der Waals surface area contributed by atoms with Gasteiger partial charge < -0.3 is 4.74 Å². The summed E-state index contributed by atoms with van der Waals surface area (Å²) in [5, 5.41) is 0. The Bertz CT molecular complexity index is 268. The van der Waals surface area contributed by atoms with Crippen LogP contribution in [0.2, 0.25) is 0 Å². The second-order valence-electron chi connectivity index (χ2n) is 2.13. The molecule has 1 aliphatic heterocycles. The maximum absolute atomic E-state index is 5.27. The molecule has 0 amide bonds. The second-order valence-corrected chi connectivity index (χ2v) is 2.13. The third kappa shape index (κ3) is 0.778. The summed E-state index contributed by atoms with van der Waals surface area (Å²) in [5.74, 6) is 0.880. The van der Waals surface area contributed by atoms with Crippen molar-refractivity contribution in [2.24, 2.45) is 0 Å². The van der Waals surface area contributed by atoms with E-state index in [9.17, 15) is 0 Å². The molecule has 2 rings (SSSR count). The fourth-order valence-electron chi connectivity index (χ4n) is 0.962. The Morgan fingerprint density at radius 2 is 2.50 bits per heavy atom. The molecule has 0 saturated heterocycles. The third-order valence-corrected chi connectivity index (χ3v) is 1.45. The molecule has 0 unspecified atom stereocenters. The SMILES string of the molecule is C1=Cc2ccncc2OC1. The van der Waals surface area contributed by atoms with Crippen LogP contribution in [0.1, 0.15) is 5.56 Å². The standard InChI is InChI=1S/C8H7NO/c1-2-7-3-4-9-6-8(7)10-5-1/h1-4,6H,5H2. The van der Waals surface area contributed by atoms with Gasteiger partial charge in [0.15, 0.2) is 0 Å². The minimum Gasteiger partial charge on any atom is -0.487 e. The Kier molecular flexibility index (Phi) is 1.17. The molecular weight excluding hydrogens is 126 g/mol. The highest BCUT2D eigenvalue weighted by Crippen LogP contribution is 2.20. The van der Waals surface area contributed by atoms with Crippen LogP contribution in [-0.2, 0) is 0 Å². The van der Waals surface area contributed by atoms with Crippen molar-refractivity contribution in [2.45, 2.75) is 0 Å². The van der Waals surface area contributed by atoms with Gasteiger partial charge in [0.25, 0.3) is 0 Å². The molecule has 1 aromatic rings. The van der Waals surface area contributed by atoms with Crippen LogP contribution in [0.3, 0.4) is 0 Å². The first-order chi connectivity index (χ1) is 4.97. The highest BCUT2D eigenvalue weighted by molar-refractivity contribution is 5.57. The van der Waals surface area contributed by atoms with E-state index in [1.165, 1.54) is 0 Å². The quantitative estimate of drug-likeness (QED) is 0.535. The number of nitrogens with zero attached hydrogens (tertiary/aromatic N) is 1. The normalized spacial score (nSPS) is 14.0. The molecule has 0 fully saturated rings. The first kappa shape index (κ1) is 5.47. The molecule has 0 aliphatic carbocycles. The highest BCUT2D eigenvalue weighted by atomic mass is 16.5. The molecule has 1 aromatic heterocycles. The van der Waals surface area contributed by atoms with E-state index in [-0.39, 0.29) is 0 Å². The summed E-state index contributed by atoms with van der Waals surface area (Å²) >= 11 is 0. The minimum atomic E-state index is 0.665. The van der Waals surface area contributed by atoms with Crippen LogP contribution >= 0.6 is 0 Å². The zero-order chi connectivity index (χ0) is 6.81. The minimum absolute atomic E-state index is 0.665. The summed E-state index contributed by atoms with van der Waals surface area (Å²) in [6, 6.07) is 1.94. The van der Waals surface area contributed by atoms with E-state index < -0.39 is 0 Å². The van der Waals surface area contributed by atoms with E-state index in [4.69, 9.17) is 4.74 Å². The summed E-state index contributed by atoms with van der Waals surface area (Å²) in [6.45, 7) is 0.665. The smallest absolute Gasteiger partial charge is 0.145 e. The summed E-state index contributed by atoms with van der Waals surface area (Å²) < 4.78 is 5.27. The van der Waals surface area contributed by atoms with Crippen molar-refractivity contribution >= 4 is 6.08 Å². The monoisotopic (exact) mass is 133 g/mol. The summed E-state index contributed by atoms with van der Waals surface area (Å²) in [4.78, 5) is 3.94. The molecule has 0 radical (unpaired) electrons. The molecule has 2 heterocycles. The van der Waals surface area contributed by atoms with Crippen molar-refractivity contribution < 1.29 is 4.74 Å². The number of aromatic nitrogens is 1. The van der Waals surface area contributed by atoms with Crippen molar-refractivity contribution in [3.8, 4) is 5.75 Å². The number of pyridine rings is 1. The zero-order valence-corrected chi connectivity index (χ0v) is 5.45. The molecule has 50 valence electrons. The van der Waals surface area contributed by atoms with E-state index in [0.29, 0.717) is 6.61 Å². The number of fused-ring (bicyclic) bond motifs is 1. The Morgan fingerprint density at radius 3 is 3.40 bits per heavy atom. The van der Waals surface area contributed by atoms with Gasteiger partial charge in [0.2, 0.25) is 0 Å². The molecule has 0 N–H and O–H groups in total. The fourth-order valence-corrected chi connectivity index (χ4v) is 0.962. The maximum atomic E-state index is 5.27. The lowest BCUT2D eigenvalue weighted by Crippen LogP contribution is -1.99. The summed E-state index contributed by atoms with van der Waals surface area (Å²) in [7, 11) is 0. The maximum Gasteiger partial charge on any atom is 0.145 e. The molecular formula is C8H7NO. The van der Waals surface area contributed by atoms with E-state index in [2.05, 4.69) is 4.98 Å². The van der Waals surface area contributed by atoms with Crippen molar-refractivity contribution in [2.75, 3.05) is 6.61 Å². The molecule has 0 saturated carbocycles. The second kappa shape index (κ2) is 2.14. The van der Waals surface area contributed by atoms with Crippen molar-refractivity contribution in [1.82, 2.24) is 4.98 Å². The largest absolute Gasteiger partial charge is 0.487 e. The van der Waals surface area contributed by atoms with Gasteiger partial charge in [-0.25, -0.2) is 0 Å². The van der Waals surface area contributed by atoms with Crippen molar-refractivity contribution in [1.29, 1.82) is 0 Å². The fraction of sp³-hybridized carbons (Fsp3) is 0.125. The average molecular weight is 133 g/mol. The summed E-state index contributed by atoms with van der Waals surface area (Å²) in [5.41, 5.74) is 1.11. The zero-order valence-electron chi connectivity index (χ0n) is 5.45. The lowest BCUT2D eigenvalue weighted by molar-refractivity contribution is 0.357. The third-order valence-electron chi connectivity index (χ3n) is 1.45. The average Bonchev–Trinajstić information content (AvgIpc) is 2.05. The Morgan fingerprint density at radius 1 is 1.50 bits per heavy atom. The predicted octanol–water partition coefficient (Wildman–Crippen LogP) is 1.49. The highest BCUT2D eigenvalue weighted by Gasteiger charge is 2.02. The first-order valence-electron chi connectivity index (χ1n) is 3.20. The van der Waals surface area contributed by atoms with Crippen LogP contribution in [-0.4, -0.2) is 11.6 Å². The van der Waals surface area contributed by atoms with Crippen LogP contribution in [0.4, 0.5) is 0 Å². The number of hydrogen-bond donors (Lipinski definition) is 0. The first-order valence-corrected chi connectivity index (χ1v) is 3.20. The van der Waals surface area contributed by atoms with Crippen molar-refractivity contribution in [3.63, 3.8) is 0 Å². The molecule has 0 atom stereocenters. The number of ether oxygens (including phenoxy) is 1. The van der Waals surface area contributed by atoms with Gasteiger partial charge >= 0.3 is 0 Å². The van der Waals surface area contributed by atoms with Gasteiger partial charge in [-0.05, 0) is 12.1 Å². The number of hydrogen-bond acceptors (Lipinski definition) is 2. The lowest BCUT2D eigenvalue weighted by Gasteiger charge is -2.09. The van der Waals surface area contributed by atoms with Crippen LogP contribution in [0, 0.1) is 0 Å². The molecule has 1 aliphatic rings. The Labute approximate surface area is 59.2 Å². The van der Waals surface area contributed by atoms with Crippen LogP contribution in [0.25, 0.3) is 6.08 Å². The topological polar surface area (TPSA) is 22.1 Å². The number of rotatable bonds is 0. The van der Waals surface area contributed by atoms with Gasteiger partial charge in [-0.2, -0.15) is 0 Å². The van der Waals surface area contributed by atoms with E-state index in [0.717, 1.165) is 11.3 Å². The summed E-state index contributed by atoms with van der Waals surface area (Å²) in [6.07, 6.45) is 7.53. The molecule has 2 heteroatoms. The molecule has 0 bridgehead atoms. The predicted molar refractivity (Wildman–Crippen MR) is 38.8 cm³/mol. The molecule has 0 spiro atoms. The van der Waals surface area contributed by atoms with Crippen LogP contribution < -0.4 is 4.74 Å². The van der Waals surface area contributed by atoms with Gasteiger partial charge in [0.05, 0.1) is 6.20 Å². The Hall–Kier alpha value is -1.31. The van der Waals surface area contributed by atoms with Gasteiger partial charge in [0.1, 0.15) is 12.4 Å². The molecule has 0 aromatic carbocycles. The van der Waals surface area contributed by atoms with E-state index >= 15 is 0 Å². The molecule has 2 nitrogen and oxygen atoms in total.